The van der Waals surface area contributed by atoms with Crippen LogP contribution < -0.4 is 20.1 Å². The molecule has 0 bridgehead atoms. The van der Waals surface area contributed by atoms with Crippen LogP contribution in [0.1, 0.15) is 5.56 Å². The number of thiocarbonyl (C=S) groups is 1. The van der Waals surface area contributed by atoms with E-state index in [2.05, 4.69) is 10.6 Å². The smallest absolute Gasteiger partial charge is 0.171 e. The van der Waals surface area contributed by atoms with Gasteiger partial charge in [0.15, 0.2) is 16.6 Å². The monoisotopic (exact) mass is 318 g/mol. The quantitative estimate of drug-likeness (QED) is 0.851. The summed E-state index contributed by atoms with van der Waals surface area (Å²) in [5.41, 5.74) is 1.63. The summed E-state index contributed by atoms with van der Waals surface area (Å²) in [7, 11) is 0. The van der Waals surface area contributed by atoms with Gasteiger partial charge >= 0.3 is 0 Å². The standard InChI is InChI=1S/C16H15FN2O2S/c17-12-3-1-2-11(8-12)10-18-16(22)19-13-4-5-14-15(9-13)21-7-6-20-14/h1-5,8-9H,6-7,10H2,(H2,18,19,22). The minimum Gasteiger partial charge on any atom is -0.486 e. The second kappa shape index (κ2) is 6.62. The van der Waals surface area contributed by atoms with E-state index in [0.717, 1.165) is 17.0 Å². The number of hydrogen-bond acceptors (Lipinski definition) is 3. The maximum atomic E-state index is 13.1. The van der Waals surface area contributed by atoms with Crippen LogP contribution in [0.4, 0.5) is 10.1 Å². The molecule has 114 valence electrons. The fourth-order valence-corrected chi connectivity index (χ4v) is 2.32. The lowest BCUT2D eigenvalue weighted by Crippen LogP contribution is -2.28. The van der Waals surface area contributed by atoms with Crippen molar-refractivity contribution in [1.82, 2.24) is 5.32 Å². The highest BCUT2D eigenvalue weighted by Crippen LogP contribution is 2.32. The lowest BCUT2D eigenvalue weighted by Gasteiger charge is -2.19. The van der Waals surface area contributed by atoms with Crippen molar-refractivity contribution < 1.29 is 13.9 Å². The van der Waals surface area contributed by atoms with E-state index in [1.54, 1.807) is 6.07 Å². The van der Waals surface area contributed by atoms with Crippen LogP contribution in [0.2, 0.25) is 0 Å². The Kier molecular flexibility index (Phi) is 4.39. The molecule has 6 heteroatoms. The molecule has 0 spiro atoms. The van der Waals surface area contributed by atoms with Gasteiger partial charge in [0.25, 0.3) is 0 Å². The van der Waals surface area contributed by atoms with Crippen molar-refractivity contribution in [3.8, 4) is 11.5 Å². The fourth-order valence-electron chi connectivity index (χ4n) is 2.13. The number of hydrogen-bond donors (Lipinski definition) is 2. The van der Waals surface area contributed by atoms with Gasteiger partial charge in [0.05, 0.1) is 0 Å². The number of rotatable bonds is 3. The molecule has 0 aliphatic carbocycles. The Labute approximate surface area is 133 Å². The third-order valence-corrected chi connectivity index (χ3v) is 3.39. The van der Waals surface area contributed by atoms with Gasteiger partial charge in [-0.3, -0.25) is 0 Å². The van der Waals surface area contributed by atoms with Crippen molar-refractivity contribution in [2.75, 3.05) is 18.5 Å². The maximum Gasteiger partial charge on any atom is 0.171 e. The first kappa shape index (κ1) is 14.6. The van der Waals surface area contributed by atoms with Gasteiger partial charge in [0.2, 0.25) is 0 Å². The predicted octanol–water partition coefficient (Wildman–Crippen LogP) is 3.08. The molecule has 0 amide bonds. The van der Waals surface area contributed by atoms with E-state index in [1.807, 2.05) is 24.3 Å². The Balaban J connectivity index is 1.57. The summed E-state index contributed by atoms with van der Waals surface area (Å²) in [6, 6.07) is 11.9. The molecule has 2 aromatic rings. The molecule has 1 heterocycles. The average Bonchev–Trinajstić information content (AvgIpc) is 2.53. The van der Waals surface area contributed by atoms with Crippen LogP contribution in [0.25, 0.3) is 0 Å². The fraction of sp³-hybridized carbons (Fsp3) is 0.188. The lowest BCUT2D eigenvalue weighted by atomic mass is 10.2. The Morgan fingerprint density at radius 1 is 1.09 bits per heavy atom. The molecule has 0 saturated carbocycles. The van der Waals surface area contributed by atoms with Crippen LogP contribution in [-0.4, -0.2) is 18.3 Å². The largest absolute Gasteiger partial charge is 0.486 e. The van der Waals surface area contributed by atoms with Gasteiger partial charge < -0.3 is 20.1 Å². The van der Waals surface area contributed by atoms with Gasteiger partial charge in [0, 0.05) is 18.3 Å². The lowest BCUT2D eigenvalue weighted by molar-refractivity contribution is 0.171. The van der Waals surface area contributed by atoms with Crippen molar-refractivity contribution >= 4 is 23.0 Å². The normalized spacial score (nSPS) is 12.6. The topological polar surface area (TPSA) is 42.5 Å². The van der Waals surface area contributed by atoms with Gasteiger partial charge in [0.1, 0.15) is 19.0 Å². The van der Waals surface area contributed by atoms with E-state index in [9.17, 15) is 4.39 Å². The zero-order chi connectivity index (χ0) is 15.4. The molecule has 1 aliphatic rings. The molecule has 0 fully saturated rings. The summed E-state index contributed by atoms with van der Waals surface area (Å²) in [5, 5.41) is 6.56. The molecule has 1 aliphatic heterocycles. The number of ether oxygens (including phenoxy) is 2. The molecule has 22 heavy (non-hydrogen) atoms. The zero-order valence-electron chi connectivity index (χ0n) is 11.8. The average molecular weight is 318 g/mol. The van der Waals surface area contributed by atoms with Crippen molar-refractivity contribution in [3.05, 3.63) is 53.8 Å². The Morgan fingerprint density at radius 3 is 2.73 bits per heavy atom. The maximum absolute atomic E-state index is 13.1. The number of anilines is 1. The van der Waals surface area contributed by atoms with Gasteiger partial charge in [-0.25, -0.2) is 4.39 Å². The van der Waals surface area contributed by atoms with Crippen LogP contribution in [-0.2, 0) is 6.54 Å². The van der Waals surface area contributed by atoms with Crippen molar-refractivity contribution in [2.45, 2.75) is 6.54 Å². The first-order valence-corrected chi connectivity index (χ1v) is 7.30. The van der Waals surface area contributed by atoms with Crippen molar-refractivity contribution in [1.29, 1.82) is 0 Å². The third kappa shape index (κ3) is 3.65. The van der Waals surface area contributed by atoms with Gasteiger partial charge in [-0.2, -0.15) is 0 Å². The second-order valence-electron chi connectivity index (χ2n) is 4.80. The first-order valence-electron chi connectivity index (χ1n) is 6.90. The van der Waals surface area contributed by atoms with Gasteiger partial charge in [-0.1, -0.05) is 12.1 Å². The number of benzene rings is 2. The van der Waals surface area contributed by atoms with Crippen molar-refractivity contribution in [2.24, 2.45) is 0 Å². The molecule has 0 atom stereocenters. The van der Waals surface area contributed by atoms with E-state index >= 15 is 0 Å². The van der Waals surface area contributed by atoms with E-state index in [4.69, 9.17) is 21.7 Å². The van der Waals surface area contributed by atoms with E-state index in [0.29, 0.717) is 30.6 Å². The summed E-state index contributed by atoms with van der Waals surface area (Å²) in [4.78, 5) is 0. The van der Waals surface area contributed by atoms with E-state index in [1.165, 1.54) is 12.1 Å². The highest BCUT2D eigenvalue weighted by Gasteiger charge is 2.12. The summed E-state index contributed by atoms with van der Waals surface area (Å²) in [5.74, 6) is 1.17. The first-order chi connectivity index (χ1) is 10.7. The molecule has 3 rings (SSSR count). The number of nitrogens with one attached hydrogen (secondary N) is 2. The number of fused-ring (bicyclic) bond motifs is 1. The SMILES string of the molecule is Fc1cccc(CNC(=S)Nc2ccc3c(c2)OCCO3)c1. The predicted molar refractivity (Wildman–Crippen MR) is 86.9 cm³/mol. The third-order valence-electron chi connectivity index (χ3n) is 3.14. The van der Waals surface area contributed by atoms with E-state index in [-0.39, 0.29) is 5.82 Å². The second-order valence-corrected chi connectivity index (χ2v) is 5.20. The molecule has 0 radical (unpaired) electrons. The summed E-state index contributed by atoms with van der Waals surface area (Å²) < 4.78 is 24.1. The van der Waals surface area contributed by atoms with Crippen molar-refractivity contribution in [3.63, 3.8) is 0 Å². The highest BCUT2D eigenvalue weighted by molar-refractivity contribution is 7.80. The van der Waals surface area contributed by atoms with Crippen LogP contribution in [0.3, 0.4) is 0 Å². The molecule has 0 saturated heterocycles. The Morgan fingerprint density at radius 2 is 1.91 bits per heavy atom. The van der Waals surface area contributed by atoms with Crippen LogP contribution in [0.15, 0.2) is 42.5 Å². The molecule has 0 aromatic heterocycles. The molecule has 2 N–H and O–H groups in total. The molecule has 4 nitrogen and oxygen atoms in total. The molecule has 0 unspecified atom stereocenters. The van der Waals surface area contributed by atoms with Crippen LogP contribution in [0, 0.1) is 5.82 Å². The summed E-state index contributed by atoms with van der Waals surface area (Å²) in [6.07, 6.45) is 0. The molecular formula is C16H15FN2O2S. The van der Waals surface area contributed by atoms with Gasteiger partial charge in [-0.05, 0) is 42.0 Å². The minimum atomic E-state index is -0.259. The minimum absolute atomic E-state index is 0.259. The van der Waals surface area contributed by atoms with Crippen LogP contribution >= 0.6 is 12.2 Å². The van der Waals surface area contributed by atoms with Crippen LogP contribution in [0.5, 0.6) is 11.5 Å². The summed E-state index contributed by atoms with van der Waals surface area (Å²) in [6.45, 7) is 1.56. The highest BCUT2D eigenvalue weighted by atomic mass is 32.1. The summed E-state index contributed by atoms with van der Waals surface area (Å²) >= 11 is 5.23. The Hall–Kier alpha value is -2.34. The number of halogens is 1. The van der Waals surface area contributed by atoms with E-state index < -0.39 is 0 Å². The van der Waals surface area contributed by atoms with Gasteiger partial charge in [-0.15, -0.1) is 0 Å². The Bertz CT molecular complexity index is 694. The molecular weight excluding hydrogens is 303 g/mol. The molecule has 2 aromatic carbocycles. The zero-order valence-corrected chi connectivity index (χ0v) is 12.6.